The summed E-state index contributed by atoms with van der Waals surface area (Å²) >= 11 is 1.59. The van der Waals surface area contributed by atoms with Crippen molar-refractivity contribution in [3.8, 4) is 0 Å². The van der Waals surface area contributed by atoms with Gasteiger partial charge in [0.25, 0.3) is 0 Å². The first-order valence-electron chi connectivity index (χ1n) is 4.66. The van der Waals surface area contributed by atoms with Crippen LogP contribution in [0.1, 0.15) is 18.4 Å². The molecule has 2 N–H and O–H groups in total. The number of hydrogen-bond donors (Lipinski definition) is 1. The normalized spacial score (nSPS) is 27.4. The van der Waals surface area contributed by atoms with E-state index >= 15 is 0 Å². The number of thiophene rings is 1. The molecule has 1 saturated heterocycles. The summed E-state index contributed by atoms with van der Waals surface area (Å²) in [7, 11) is 0. The Morgan fingerprint density at radius 3 is 3.00 bits per heavy atom. The standard InChI is InChI=1S/C10H13NO2S/c11-9(12)10(3-1-4-13-7-10)8-2-5-14-6-8/h2,5-6H,1,3-4,7H2,(H2,11,12). The highest BCUT2D eigenvalue weighted by Crippen LogP contribution is 2.33. The predicted octanol–water partition coefficient (Wildman–Crippen LogP) is 1.28. The Kier molecular flexibility index (Phi) is 2.56. The zero-order chi connectivity index (χ0) is 10.0. The van der Waals surface area contributed by atoms with Gasteiger partial charge >= 0.3 is 0 Å². The number of amides is 1. The lowest BCUT2D eigenvalue weighted by Crippen LogP contribution is -2.47. The van der Waals surface area contributed by atoms with E-state index in [9.17, 15) is 4.79 Å². The van der Waals surface area contributed by atoms with Gasteiger partial charge in [-0.1, -0.05) is 0 Å². The molecule has 1 amide bonds. The molecule has 0 aromatic carbocycles. The van der Waals surface area contributed by atoms with E-state index in [2.05, 4.69) is 0 Å². The molecule has 0 aliphatic carbocycles. The van der Waals surface area contributed by atoms with E-state index in [-0.39, 0.29) is 5.91 Å². The minimum Gasteiger partial charge on any atom is -0.380 e. The Hall–Kier alpha value is -0.870. The zero-order valence-corrected chi connectivity index (χ0v) is 8.68. The third-order valence-corrected chi connectivity index (χ3v) is 3.47. The molecule has 0 spiro atoms. The fraction of sp³-hybridized carbons (Fsp3) is 0.500. The molecule has 0 saturated carbocycles. The maximum atomic E-state index is 11.5. The monoisotopic (exact) mass is 211 g/mol. The van der Waals surface area contributed by atoms with Gasteiger partial charge < -0.3 is 10.5 Å². The van der Waals surface area contributed by atoms with Gasteiger partial charge in [-0.25, -0.2) is 0 Å². The van der Waals surface area contributed by atoms with Gasteiger partial charge in [-0.05, 0) is 35.2 Å². The molecule has 14 heavy (non-hydrogen) atoms. The van der Waals surface area contributed by atoms with E-state index in [1.807, 2.05) is 16.8 Å². The van der Waals surface area contributed by atoms with Crippen molar-refractivity contribution in [2.45, 2.75) is 18.3 Å². The summed E-state index contributed by atoms with van der Waals surface area (Å²) < 4.78 is 5.37. The largest absolute Gasteiger partial charge is 0.380 e. The number of ether oxygens (including phenoxy) is 1. The van der Waals surface area contributed by atoms with Crippen LogP contribution in [0.3, 0.4) is 0 Å². The molecule has 1 aliphatic heterocycles. The van der Waals surface area contributed by atoms with Crippen LogP contribution in [0, 0.1) is 0 Å². The van der Waals surface area contributed by atoms with E-state index in [1.165, 1.54) is 0 Å². The summed E-state index contributed by atoms with van der Waals surface area (Å²) in [6.45, 7) is 1.16. The molecule has 0 bridgehead atoms. The zero-order valence-electron chi connectivity index (χ0n) is 7.86. The van der Waals surface area contributed by atoms with Crippen LogP contribution >= 0.6 is 11.3 Å². The maximum Gasteiger partial charge on any atom is 0.230 e. The average Bonchev–Trinajstić information content (AvgIpc) is 2.72. The highest BCUT2D eigenvalue weighted by atomic mass is 32.1. The maximum absolute atomic E-state index is 11.5. The van der Waals surface area contributed by atoms with Gasteiger partial charge in [0, 0.05) is 6.61 Å². The van der Waals surface area contributed by atoms with E-state index in [1.54, 1.807) is 11.3 Å². The van der Waals surface area contributed by atoms with Crippen molar-refractivity contribution in [1.29, 1.82) is 0 Å². The van der Waals surface area contributed by atoms with Crippen LogP contribution in [0.15, 0.2) is 16.8 Å². The first-order chi connectivity index (χ1) is 6.76. The highest BCUT2D eigenvalue weighted by Gasteiger charge is 2.40. The molecular weight excluding hydrogens is 198 g/mol. The molecule has 2 rings (SSSR count). The Balaban J connectivity index is 2.35. The third kappa shape index (κ3) is 1.44. The Bertz CT molecular complexity index is 315. The van der Waals surface area contributed by atoms with Crippen LogP contribution in [-0.2, 0) is 14.9 Å². The molecule has 1 fully saturated rings. The first kappa shape index (κ1) is 9.68. The molecule has 1 aromatic rings. The van der Waals surface area contributed by atoms with Gasteiger partial charge in [-0.15, -0.1) is 0 Å². The summed E-state index contributed by atoms with van der Waals surface area (Å²) in [5, 5.41) is 3.95. The van der Waals surface area contributed by atoms with Crippen LogP contribution < -0.4 is 5.73 Å². The smallest absolute Gasteiger partial charge is 0.230 e. The van der Waals surface area contributed by atoms with Crippen molar-refractivity contribution < 1.29 is 9.53 Å². The summed E-state index contributed by atoms with van der Waals surface area (Å²) in [4.78, 5) is 11.5. The fourth-order valence-electron chi connectivity index (χ4n) is 1.90. The number of carbonyl (C=O) groups excluding carboxylic acids is 1. The van der Waals surface area contributed by atoms with Crippen LogP contribution in [0.5, 0.6) is 0 Å². The second-order valence-electron chi connectivity index (χ2n) is 3.61. The third-order valence-electron chi connectivity index (χ3n) is 2.79. The number of primary amides is 1. The number of carbonyl (C=O) groups is 1. The Labute approximate surface area is 86.9 Å². The molecule has 0 radical (unpaired) electrons. The second-order valence-corrected chi connectivity index (χ2v) is 4.39. The van der Waals surface area contributed by atoms with Gasteiger partial charge in [0.15, 0.2) is 0 Å². The van der Waals surface area contributed by atoms with Gasteiger partial charge in [0.2, 0.25) is 5.91 Å². The number of nitrogens with two attached hydrogens (primary N) is 1. The van der Waals surface area contributed by atoms with Crippen LogP contribution in [0.2, 0.25) is 0 Å². The molecule has 3 nitrogen and oxygen atoms in total. The minimum absolute atomic E-state index is 0.268. The molecule has 1 aliphatic rings. The van der Waals surface area contributed by atoms with Gasteiger partial charge in [0.1, 0.15) is 0 Å². The SMILES string of the molecule is NC(=O)C1(c2ccsc2)CCCOC1. The van der Waals surface area contributed by atoms with Crippen LogP contribution in [0.25, 0.3) is 0 Å². The fourth-order valence-corrected chi connectivity index (χ4v) is 2.65. The van der Waals surface area contributed by atoms with Crippen molar-refractivity contribution >= 4 is 17.2 Å². The van der Waals surface area contributed by atoms with Crippen LogP contribution in [0.4, 0.5) is 0 Å². The van der Waals surface area contributed by atoms with Crippen LogP contribution in [-0.4, -0.2) is 19.1 Å². The second kappa shape index (κ2) is 3.71. The van der Waals surface area contributed by atoms with Crippen molar-refractivity contribution in [2.24, 2.45) is 5.73 Å². The lowest BCUT2D eigenvalue weighted by Gasteiger charge is -2.33. The van der Waals surface area contributed by atoms with Crippen molar-refractivity contribution in [3.63, 3.8) is 0 Å². The molecule has 2 heterocycles. The molecular formula is C10H13NO2S. The quantitative estimate of drug-likeness (QED) is 0.801. The lowest BCUT2D eigenvalue weighted by molar-refractivity contribution is -0.128. The van der Waals surface area contributed by atoms with Gasteiger partial charge in [0.05, 0.1) is 12.0 Å². The highest BCUT2D eigenvalue weighted by molar-refractivity contribution is 7.08. The molecule has 4 heteroatoms. The van der Waals surface area contributed by atoms with E-state index in [0.717, 1.165) is 25.0 Å². The summed E-state index contributed by atoms with van der Waals surface area (Å²) in [6.07, 6.45) is 1.71. The first-order valence-corrected chi connectivity index (χ1v) is 5.60. The number of rotatable bonds is 2. The van der Waals surface area contributed by atoms with E-state index in [0.29, 0.717) is 6.61 Å². The topological polar surface area (TPSA) is 52.3 Å². The average molecular weight is 211 g/mol. The Morgan fingerprint density at radius 1 is 1.64 bits per heavy atom. The predicted molar refractivity (Wildman–Crippen MR) is 55.2 cm³/mol. The summed E-state index contributed by atoms with van der Waals surface area (Å²) in [5.41, 5.74) is 5.92. The van der Waals surface area contributed by atoms with Crippen molar-refractivity contribution in [1.82, 2.24) is 0 Å². The summed E-state index contributed by atoms with van der Waals surface area (Å²) in [5.74, 6) is -0.268. The molecule has 1 aromatic heterocycles. The summed E-state index contributed by atoms with van der Waals surface area (Å²) in [6, 6.07) is 1.96. The molecule has 1 unspecified atom stereocenters. The van der Waals surface area contributed by atoms with Gasteiger partial charge in [-0.2, -0.15) is 11.3 Å². The van der Waals surface area contributed by atoms with Gasteiger partial charge in [-0.3, -0.25) is 4.79 Å². The molecule has 1 atom stereocenters. The number of hydrogen-bond acceptors (Lipinski definition) is 3. The molecule has 76 valence electrons. The van der Waals surface area contributed by atoms with E-state index in [4.69, 9.17) is 10.5 Å². The van der Waals surface area contributed by atoms with Crippen molar-refractivity contribution in [2.75, 3.05) is 13.2 Å². The Morgan fingerprint density at radius 2 is 2.50 bits per heavy atom. The minimum atomic E-state index is -0.571. The van der Waals surface area contributed by atoms with Crippen molar-refractivity contribution in [3.05, 3.63) is 22.4 Å². The van der Waals surface area contributed by atoms with E-state index < -0.39 is 5.41 Å². The lowest BCUT2D eigenvalue weighted by atomic mass is 9.77.